The van der Waals surface area contributed by atoms with Crippen LogP contribution < -0.4 is 4.90 Å². The highest BCUT2D eigenvalue weighted by Crippen LogP contribution is 2.27. The third-order valence-corrected chi connectivity index (χ3v) is 7.44. The molecule has 0 spiro atoms. The van der Waals surface area contributed by atoms with Crippen molar-refractivity contribution >= 4 is 28.5 Å². The molecule has 2 aliphatic heterocycles. The lowest BCUT2D eigenvalue weighted by molar-refractivity contribution is -0.925. The molecule has 1 aromatic heterocycles. The minimum atomic E-state index is -0.258. The minimum Gasteiger partial charge on any atom is -0.358 e. The quantitative estimate of drug-likeness (QED) is 0.352. The van der Waals surface area contributed by atoms with Gasteiger partial charge in [-0.2, -0.15) is 0 Å². The van der Waals surface area contributed by atoms with Crippen LogP contribution in [-0.4, -0.2) is 47.1 Å². The highest BCUT2D eigenvalue weighted by molar-refractivity contribution is 6.21. The van der Waals surface area contributed by atoms with Crippen molar-refractivity contribution in [2.45, 2.75) is 19.4 Å². The van der Waals surface area contributed by atoms with Gasteiger partial charge in [0.15, 0.2) is 0 Å². The predicted octanol–water partition coefficient (Wildman–Crippen LogP) is 3.14. The second kappa shape index (κ2) is 8.32. The molecular weight excluding hydrogens is 438 g/mol. The Kier molecular flexibility index (Phi) is 5.11. The van der Waals surface area contributed by atoms with Gasteiger partial charge in [-0.1, -0.05) is 54.6 Å². The van der Waals surface area contributed by atoms with Gasteiger partial charge in [0, 0.05) is 28.6 Å². The Morgan fingerprint density at radius 3 is 2.37 bits per heavy atom. The third kappa shape index (κ3) is 3.49. The molecule has 6 rings (SSSR count). The minimum absolute atomic E-state index is 0.0710. The van der Waals surface area contributed by atoms with E-state index in [1.165, 1.54) is 10.5 Å². The summed E-state index contributed by atoms with van der Waals surface area (Å²) in [6.07, 6.45) is 0.851. The lowest BCUT2D eigenvalue weighted by Crippen LogP contribution is -3.14. The van der Waals surface area contributed by atoms with Crippen molar-refractivity contribution in [2.75, 3.05) is 19.6 Å². The predicted molar refractivity (Wildman–Crippen MR) is 133 cm³/mol. The summed E-state index contributed by atoms with van der Waals surface area (Å²) in [5.74, 6) is -0.444. The lowest BCUT2D eigenvalue weighted by atomic mass is 9.91. The Morgan fingerprint density at radius 2 is 1.60 bits per heavy atom. The number of hydrogen-bond donors (Lipinski definition) is 2. The van der Waals surface area contributed by atoms with Crippen molar-refractivity contribution in [2.24, 2.45) is 0 Å². The van der Waals surface area contributed by atoms with Crippen molar-refractivity contribution in [1.82, 2.24) is 9.88 Å². The maximum Gasteiger partial charge on any atom is 0.261 e. The molecule has 35 heavy (non-hydrogen) atoms. The summed E-state index contributed by atoms with van der Waals surface area (Å²) in [7, 11) is 0. The van der Waals surface area contributed by atoms with Gasteiger partial charge in [0.2, 0.25) is 5.78 Å². The molecule has 0 aliphatic carbocycles. The van der Waals surface area contributed by atoms with Crippen LogP contribution in [0.1, 0.15) is 53.9 Å². The van der Waals surface area contributed by atoms with Crippen LogP contribution in [-0.2, 0) is 6.42 Å². The van der Waals surface area contributed by atoms with Crippen molar-refractivity contribution in [3.8, 4) is 0 Å². The van der Waals surface area contributed by atoms with Crippen molar-refractivity contribution < 1.29 is 19.3 Å². The van der Waals surface area contributed by atoms with Crippen molar-refractivity contribution in [1.29, 1.82) is 0 Å². The van der Waals surface area contributed by atoms with Crippen LogP contribution in [0.5, 0.6) is 0 Å². The zero-order valence-corrected chi connectivity index (χ0v) is 19.5. The number of carbonyl (C=O) groups excluding carboxylic acids is 3. The summed E-state index contributed by atoms with van der Waals surface area (Å²) < 4.78 is 0. The molecule has 0 saturated carbocycles. The monoisotopic (exact) mass is 464 g/mol. The number of aromatic amines is 1. The topological polar surface area (TPSA) is 74.7 Å². The van der Waals surface area contributed by atoms with Gasteiger partial charge < -0.3 is 9.88 Å². The van der Waals surface area contributed by atoms with Crippen LogP contribution in [0.15, 0.2) is 72.8 Å². The van der Waals surface area contributed by atoms with E-state index >= 15 is 0 Å². The summed E-state index contributed by atoms with van der Waals surface area (Å²) >= 11 is 0. The van der Waals surface area contributed by atoms with Gasteiger partial charge in [-0.25, -0.2) is 0 Å². The number of rotatable bonds is 5. The number of Topliss-reactive ketones (excluding diaryl/α,β-unsaturated/α-hetero) is 1. The zero-order valence-electron chi connectivity index (χ0n) is 19.5. The number of para-hydroxylation sites is 1. The summed E-state index contributed by atoms with van der Waals surface area (Å²) in [6.45, 7) is 3.24. The van der Waals surface area contributed by atoms with Crippen LogP contribution in [0.4, 0.5) is 0 Å². The van der Waals surface area contributed by atoms with E-state index in [9.17, 15) is 14.4 Å². The highest BCUT2D eigenvalue weighted by Gasteiger charge is 2.41. The van der Waals surface area contributed by atoms with Crippen LogP contribution in [0.25, 0.3) is 10.9 Å². The number of aryl methyl sites for hydroxylation is 1. The smallest absolute Gasteiger partial charge is 0.261 e. The number of imide groups is 1. The van der Waals surface area contributed by atoms with Gasteiger partial charge >= 0.3 is 0 Å². The lowest BCUT2D eigenvalue weighted by Gasteiger charge is -2.35. The molecule has 2 amide bonds. The third-order valence-electron chi connectivity index (χ3n) is 7.44. The maximum absolute atomic E-state index is 13.6. The first kappa shape index (κ1) is 21.5. The van der Waals surface area contributed by atoms with E-state index in [1.807, 2.05) is 43.3 Å². The maximum atomic E-state index is 13.6. The molecule has 2 N–H and O–H groups in total. The average Bonchev–Trinajstić information content (AvgIpc) is 3.34. The molecule has 3 heterocycles. The van der Waals surface area contributed by atoms with E-state index in [2.05, 4.69) is 17.1 Å². The number of aromatic nitrogens is 1. The number of amides is 2. The van der Waals surface area contributed by atoms with E-state index in [4.69, 9.17) is 0 Å². The average molecular weight is 465 g/mol. The van der Waals surface area contributed by atoms with Crippen LogP contribution in [0.3, 0.4) is 0 Å². The molecule has 3 aromatic carbocycles. The van der Waals surface area contributed by atoms with E-state index < -0.39 is 0 Å². The summed E-state index contributed by atoms with van der Waals surface area (Å²) in [5.41, 5.74) is 5.77. The van der Waals surface area contributed by atoms with Crippen molar-refractivity contribution in [3.05, 3.63) is 106 Å². The SMILES string of the molecule is Cc1[nH]c2ccccc2c1C(=O)C[NH+]1CCc2ccccc2[C@@H]1CN1C(=O)c2ccccc2C1=O. The first-order valence-corrected chi connectivity index (χ1v) is 12.0. The Hall–Kier alpha value is -4.03. The molecule has 0 radical (unpaired) electrons. The molecule has 0 bridgehead atoms. The fraction of sp³-hybridized carbons (Fsp3) is 0.207. The number of nitrogens with one attached hydrogen (secondary N) is 2. The van der Waals surface area contributed by atoms with Crippen LogP contribution in [0, 0.1) is 6.92 Å². The largest absolute Gasteiger partial charge is 0.358 e. The summed E-state index contributed by atoms with van der Waals surface area (Å²) in [6, 6.07) is 22.8. The number of H-pyrrole nitrogens is 1. The second-order valence-corrected chi connectivity index (χ2v) is 9.45. The number of fused-ring (bicyclic) bond motifs is 3. The standard InChI is InChI=1S/C29H25N3O3/c1-18-27(23-12-6-7-13-24(23)30-18)26(33)17-31-15-14-19-8-2-3-9-20(19)25(31)16-32-28(34)21-10-4-5-11-22(21)29(32)35/h2-13,25,30H,14-17H2,1H3/p+1/t25-/m0/s1. The van der Waals surface area contributed by atoms with Gasteiger partial charge in [-0.3, -0.25) is 19.3 Å². The van der Waals surface area contributed by atoms with Crippen LogP contribution in [0.2, 0.25) is 0 Å². The number of hydrogen-bond acceptors (Lipinski definition) is 3. The Morgan fingerprint density at radius 1 is 0.943 bits per heavy atom. The molecule has 6 heteroatoms. The normalized spacial score (nSPS) is 19.2. The van der Waals surface area contributed by atoms with E-state index in [0.29, 0.717) is 17.7 Å². The molecular formula is C29H26N3O3+. The number of nitrogens with zero attached hydrogens (tertiary/aromatic N) is 1. The van der Waals surface area contributed by atoms with Gasteiger partial charge in [-0.15, -0.1) is 0 Å². The number of ketones is 1. The fourth-order valence-corrected chi connectivity index (χ4v) is 5.75. The highest BCUT2D eigenvalue weighted by atomic mass is 16.2. The molecule has 4 aromatic rings. The number of carbonyl (C=O) groups is 3. The molecule has 2 aliphatic rings. The van der Waals surface area contributed by atoms with Crippen molar-refractivity contribution in [3.63, 3.8) is 0 Å². The molecule has 2 atom stereocenters. The fourth-order valence-electron chi connectivity index (χ4n) is 5.75. The Balaban J connectivity index is 1.33. The Labute approximate surface area is 203 Å². The molecule has 0 saturated heterocycles. The zero-order chi connectivity index (χ0) is 24.1. The van der Waals surface area contributed by atoms with Crippen LogP contribution >= 0.6 is 0 Å². The Bertz CT molecular complexity index is 1470. The van der Waals surface area contributed by atoms with Gasteiger partial charge in [-0.05, 0) is 30.7 Å². The van der Waals surface area contributed by atoms with E-state index in [1.54, 1.807) is 24.3 Å². The summed E-state index contributed by atoms with van der Waals surface area (Å²) in [5, 5.41) is 0.934. The second-order valence-electron chi connectivity index (χ2n) is 9.45. The van der Waals surface area contributed by atoms with E-state index in [0.717, 1.165) is 45.6 Å². The molecule has 174 valence electrons. The molecule has 0 fully saturated rings. The van der Waals surface area contributed by atoms with Gasteiger partial charge in [0.25, 0.3) is 11.8 Å². The van der Waals surface area contributed by atoms with Gasteiger partial charge in [0.1, 0.15) is 12.6 Å². The van der Waals surface area contributed by atoms with Gasteiger partial charge in [0.05, 0.1) is 29.8 Å². The number of quaternary nitrogens is 1. The molecule has 1 unspecified atom stereocenters. The summed E-state index contributed by atoms with van der Waals surface area (Å²) in [4.78, 5) is 45.6. The van der Waals surface area contributed by atoms with E-state index in [-0.39, 0.29) is 30.2 Å². The number of benzene rings is 3. The first-order chi connectivity index (χ1) is 17.0. The first-order valence-electron chi connectivity index (χ1n) is 12.0. The molecule has 6 nitrogen and oxygen atoms in total.